The van der Waals surface area contributed by atoms with Crippen molar-refractivity contribution in [2.45, 2.75) is 6.92 Å². The summed E-state index contributed by atoms with van der Waals surface area (Å²) < 4.78 is 31.7. The monoisotopic (exact) mass is 276 g/mol. The minimum absolute atomic E-state index is 0.172. The van der Waals surface area contributed by atoms with E-state index in [9.17, 15) is 18.4 Å². The molecule has 5 heteroatoms. The van der Waals surface area contributed by atoms with Crippen LogP contribution in [0.2, 0.25) is 0 Å². The van der Waals surface area contributed by atoms with Gasteiger partial charge in [0.2, 0.25) is 5.82 Å². The zero-order valence-electron chi connectivity index (χ0n) is 10.5. The van der Waals surface area contributed by atoms with Crippen LogP contribution in [-0.2, 0) is 0 Å². The molecule has 0 aliphatic carbocycles. The lowest BCUT2D eigenvalue weighted by molar-refractivity contribution is 0.0724. The van der Waals surface area contributed by atoms with Crippen LogP contribution >= 0.6 is 0 Å². The summed E-state index contributed by atoms with van der Waals surface area (Å²) in [5.41, 5.74) is -0.0150. The third kappa shape index (κ3) is 2.71. The Morgan fingerprint density at radius 1 is 1.00 bits per heavy atom. The summed E-state index contributed by atoms with van der Waals surface area (Å²) in [7, 11) is 0. The summed E-state index contributed by atoms with van der Waals surface area (Å²) in [6.07, 6.45) is 0. The second-order valence-electron chi connectivity index (χ2n) is 4.05. The van der Waals surface area contributed by atoms with Crippen molar-refractivity contribution in [1.29, 1.82) is 0 Å². The molecule has 0 saturated carbocycles. The lowest BCUT2D eigenvalue weighted by Crippen LogP contribution is -2.13. The van der Waals surface area contributed by atoms with E-state index in [1.807, 2.05) is 0 Å². The molecule has 0 amide bonds. The highest BCUT2D eigenvalue weighted by Gasteiger charge is 2.21. The molecule has 0 aliphatic rings. The molecule has 0 aliphatic heterocycles. The number of halogens is 2. The van der Waals surface area contributed by atoms with Gasteiger partial charge in [0, 0.05) is 0 Å². The molecule has 3 nitrogen and oxygen atoms in total. The van der Waals surface area contributed by atoms with Gasteiger partial charge in [-0.25, -0.2) is 9.18 Å². The van der Waals surface area contributed by atoms with Crippen LogP contribution in [0.25, 0.3) is 0 Å². The first-order chi connectivity index (χ1) is 9.50. The molecule has 0 spiro atoms. The molecule has 2 aromatic rings. The van der Waals surface area contributed by atoms with Gasteiger partial charge in [0.15, 0.2) is 17.3 Å². The van der Waals surface area contributed by atoms with Gasteiger partial charge in [0.25, 0.3) is 0 Å². The summed E-state index contributed by atoms with van der Waals surface area (Å²) >= 11 is 0. The van der Waals surface area contributed by atoms with E-state index in [0.29, 0.717) is 0 Å². The van der Waals surface area contributed by atoms with Gasteiger partial charge in [-0.1, -0.05) is 18.2 Å². The van der Waals surface area contributed by atoms with Crippen LogP contribution in [0.4, 0.5) is 8.78 Å². The molecular formula is C15H10F2O3. The van der Waals surface area contributed by atoms with Crippen LogP contribution in [0.15, 0.2) is 42.5 Å². The number of esters is 1. The normalized spacial score (nSPS) is 10.2. The predicted octanol–water partition coefficient (Wildman–Crippen LogP) is 3.39. The van der Waals surface area contributed by atoms with Crippen molar-refractivity contribution < 1.29 is 23.1 Å². The van der Waals surface area contributed by atoms with Crippen molar-refractivity contribution in [1.82, 2.24) is 0 Å². The van der Waals surface area contributed by atoms with Crippen LogP contribution < -0.4 is 4.74 Å². The number of carbonyl (C=O) groups excluding carboxylic acids is 2. The number of hydrogen-bond acceptors (Lipinski definition) is 3. The maximum atomic E-state index is 13.7. The Balaban J connectivity index is 2.41. The largest absolute Gasteiger partial charge is 0.419 e. The molecule has 2 aromatic carbocycles. The fraction of sp³-hybridized carbons (Fsp3) is 0.0667. The van der Waals surface area contributed by atoms with Crippen molar-refractivity contribution in [3.05, 3.63) is 65.2 Å². The quantitative estimate of drug-likeness (QED) is 0.490. The van der Waals surface area contributed by atoms with Gasteiger partial charge < -0.3 is 4.74 Å². The Labute approximate surface area is 113 Å². The van der Waals surface area contributed by atoms with E-state index in [1.54, 1.807) is 18.2 Å². The average Bonchev–Trinajstić information content (AvgIpc) is 2.44. The minimum atomic E-state index is -1.36. The van der Waals surface area contributed by atoms with E-state index >= 15 is 0 Å². The molecule has 0 saturated heterocycles. The smallest absolute Gasteiger partial charge is 0.343 e. The summed E-state index contributed by atoms with van der Waals surface area (Å²) in [5, 5.41) is 0. The van der Waals surface area contributed by atoms with Gasteiger partial charge in [-0.05, 0) is 31.2 Å². The fourth-order valence-corrected chi connectivity index (χ4v) is 1.63. The van der Waals surface area contributed by atoms with E-state index < -0.39 is 29.1 Å². The lowest BCUT2D eigenvalue weighted by atomic mass is 10.1. The molecule has 20 heavy (non-hydrogen) atoms. The van der Waals surface area contributed by atoms with Crippen LogP contribution in [0.5, 0.6) is 5.75 Å². The molecular weight excluding hydrogens is 266 g/mol. The molecule has 0 unspecified atom stereocenters. The van der Waals surface area contributed by atoms with Gasteiger partial charge >= 0.3 is 5.97 Å². The molecule has 0 fully saturated rings. The van der Waals surface area contributed by atoms with Gasteiger partial charge in [0.1, 0.15) is 0 Å². The van der Waals surface area contributed by atoms with Crippen molar-refractivity contribution in [3.63, 3.8) is 0 Å². The number of Topliss-reactive ketones (excluding diaryl/α,β-unsaturated/α-hetero) is 1. The van der Waals surface area contributed by atoms with Crippen LogP contribution in [-0.4, -0.2) is 11.8 Å². The third-order valence-corrected chi connectivity index (χ3v) is 2.63. The summed E-state index contributed by atoms with van der Waals surface area (Å²) in [4.78, 5) is 23.2. The lowest BCUT2D eigenvalue weighted by Gasteiger charge is -2.09. The Morgan fingerprint density at radius 3 is 2.25 bits per heavy atom. The fourth-order valence-electron chi connectivity index (χ4n) is 1.63. The second-order valence-corrected chi connectivity index (χ2v) is 4.05. The second kappa shape index (κ2) is 5.61. The summed E-state index contributed by atoms with van der Waals surface area (Å²) in [6.45, 7) is 1.17. The van der Waals surface area contributed by atoms with Crippen molar-refractivity contribution in [2.75, 3.05) is 0 Å². The van der Waals surface area contributed by atoms with Gasteiger partial charge in [-0.15, -0.1) is 0 Å². The topological polar surface area (TPSA) is 43.4 Å². The molecule has 0 N–H and O–H groups in total. The Kier molecular flexibility index (Phi) is 3.89. The van der Waals surface area contributed by atoms with E-state index in [2.05, 4.69) is 0 Å². The maximum absolute atomic E-state index is 13.7. The molecule has 2 rings (SSSR count). The first kappa shape index (κ1) is 13.9. The zero-order valence-corrected chi connectivity index (χ0v) is 10.5. The van der Waals surface area contributed by atoms with Crippen molar-refractivity contribution in [3.8, 4) is 5.75 Å². The van der Waals surface area contributed by atoms with Crippen molar-refractivity contribution >= 4 is 11.8 Å². The Hall–Kier alpha value is -2.56. The SMILES string of the molecule is CC(=O)c1ccc(F)c(F)c1OC(=O)c1ccccc1. The summed E-state index contributed by atoms with van der Waals surface area (Å²) in [5.74, 6) is -4.63. The number of hydrogen-bond donors (Lipinski definition) is 0. The zero-order chi connectivity index (χ0) is 14.7. The highest BCUT2D eigenvalue weighted by Crippen LogP contribution is 2.26. The molecule has 0 bridgehead atoms. The third-order valence-electron chi connectivity index (χ3n) is 2.63. The average molecular weight is 276 g/mol. The van der Waals surface area contributed by atoms with E-state index in [1.165, 1.54) is 19.1 Å². The highest BCUT2D eigenvalue weighted by atomic mass is 19.2. The molecule has 0 aromatic heterocycles. The first-order valence-electron chi connectivity index (χ1n) is 5.77. The van der Waals surface area contributed by atoms with Gasteiger partial charge in [0.05, 0.1) is 11.1 Å². The Morgan fingerprint density at radius 2 is 1.65 bits per heavy atom. The number of carbonyl (C=O) groups is 2. The highest BCUT2D eigenvalue weighted by molar-refractivity contribution is 5.99. The molecule has 102 valence electrons. The Bertz CT molecular complexity index is 666. The molecule has 0 radical (unpaired) electrons. The maximum Gasteiger partial charge on any atom is 0.343 e. The molecule has 0 heterocycles. The number of ketones is 1. The van der Waals surface area contributed by atoms with Crippen molar-refractivity contribution in [2.24, 2.45) is 0 Å². The van der Waals surface area contributed by atoms with Crippen LogP contribution in [0.1, 0.15) is 27.6 Å². The van der Waals surface area contributed by atoms with Crippen LogP contribution in [0.3, 0.4) is 0 Å². The molecule has 0 atom stereocenters. The van der Waals surface area contributed by atoms with E-state index in [0.717, 1.165) is 12.1 Å². The number of rotatable bonds is 3. The van der Waals surface area contributed by atoms with Gasteiger partial charge in [-0.3, -0.25) is 4.79 Å². The number of ether oxygens (including phenoxy) is 1. The van der Waals surface area contributed by atoms with E-state index in [4.69, 9.17) is 4.74 Å². The number of benzene rings is 2. The standard InChI is InChI=1S/C15H10F2O3/c1-9(18)11-7-8-12(16)13(17)14(11)20-15(19)10-5-3-2-4-6-10/h2-8H,1H3. The predicted molar refractivity (Wildman–Crippen MR) is 67.8 cm³/mol. The minimum Gasteiger partial charge on any atom is -0.419 e. The van der Waals surface area contributed by atoms with Gasteiger partial charge in [-0.2, -0.15) is 4.39 Å². The summed E-state index contributed by atoms with van der Waals surface area (Å²) in [6, 6.07) is 9.72. The first-order valence-corrected chi connectivity index (χ1v) is 5.77. The van der Waals surface area contributed by atoms with E-state index in [-0.39, 0.29) is 11.1 Å². The van der Waals surface area contributed by atoms with Crippen LogP contribution in [0, 0.1) is 11.6 Å².